The molecule has 0 amide bonds. The molecular weight excluding hydrogens is 631 g/mol. The third kappa shape index (κ3) is 14.8. The van der Waals surface area contributed by atoms with Crippen LogP contribution < -0.4 is 9.05 Å². The number of hydrogen-bond acceptors (Lipinski definition) is 3. The van der Waals surface area contributed by atoms with Gasteiger partial charge in [-0.1, -0.05) is 198 Å². The van der Waals surface area contributed by atoms with Gasteiger partial charge in [0.15, 0.2) is 0 Å². The SMILES string of the molecule is CCCCCCCCCc1cc(C(C)(C)C)c(OP(O)Oc2c(C(C)(C)C)cc(CCCCCCCCC)cc2C(C)(C)C)c(C(C)(C)C)c1. The predicted octanol–water partition coefficient (Wildman–Crippen LogP) is 15.1. The highest BCUT2D eigenvalue weighted by Gasteiger charge is 2.33. The van der Waals surface area contributed by atoms with E-state index in [0.29, 0.717) is 0 Å². The summed E-state index contributed by atoms with van der Waals surface area (Å²) in [5.74, 6) is 1.57. The quantitative estimate of drug-likeness (QED) is 0.110. The van der Waals surface area contributed by atoms with Crippen LogP contribution in [0, 0.1) is 0 Å². The lowest BCUT2D eigenvalue weighted by molar-refractivity contribution is 0.360. The Hall–Kier alpha value is -1.57. The summed E-state index contributed by atoms with van der Waals surface area (Å²) < 4.78 is 13.3. The Morgan fingerprint density at radius 3 is 0.900 bits per heavy atom. The Bertz CT molecular complexity index is 1110. The number of hydrogen-bond donors (Lipinski definition) is 1. The summed E-state index contributed by atoms with van der Waals surface area (Å²) in [6.07, 6.45) is 20.4. The second-order valence-electron chi connectivity index (χ2n) is 19.2. The average Bonchev–Trinajstić information content (AvgIpc) is 2.98. The highest BCUT2D eigenvalue weighted by atomic mass is 31.2. The Balaban J connectivity index is 2.45. The summed E-state index contributed by atoms with van der Waals surface area (Å²) >= 11 is 0. The second-order valence-corrected chi connectivity index (χ2v) is 20.0. The fourth-order valence-corrected chi connectivity index (χ4v) is 7.58. The summed E-state index contributed by atoms with van der Waals surface area (Å²) in [6, 6.07) is 9.35. The van der Waals surface area contributed by atoms with Gasteiger partial charge in [0.25, 0.3) is 0 Å². The fraction of sp³-hybridized carbons (Fsp3) is 0.739. The van der Waals surface area contributed by atoms with E-state index in [0.717, 1.165) is 46.6 Å². The van der Waals surface area contributed by atoms with E-state index in [4.69, 9.17) is 9.05 Å². The van der Waals surface area contributed by atoms with E-state index in [2.05, 4.69) is 121 Å². The van der Waals surface area contributed by atoms with Gasteiger partial charge >= 0.3 is 8.60 Å². The van der Waals surface area contributed by atoms with Gasteiger partial charge in [-0.25, -0.2) is 0 Å². The first-order valence-corrected chi connectivity index (χ1v) is 21.5. The van der Waals surface area contributed by atoms with Crippen LogP contribution in [0.25, 0.3) is 0 Å². The van der Waals surface area contributed by atoms with E-state index in [1.807, 2.05) is 0 Å². The maximum absolute atomic E-state index is 11.8. The Labute approximate surface area is 312 Å². The highest BCUT2D eigenvalue weighted by molar-refractivity contribution is 7.41. The number of benzene rings is 2. The van der Waals surface area contributed by atoms with Crippen molar-refractivity contribution in [3.63, 3.8) is 0 Å². The van der Waals surface area contributed by atoms with E-state index < -0.39 is 8.60 Å². The van der Waals surface area contributed by atoms with Crippen molar-refractivity contribution >= 4 is 8.60 Å². The molecule has 2 aromatic carbocycles. The van der Waals surface area contributed by atoms with Gasteiger partial charge in [0, 0.05) is 22.3 Å². The number of unbranched alkanes of at least 4 members (excludes halogenated alkanes) is 12. The van der Waals surface area contributed by atoms with Gasteiger partial charge in [0.1, 0.15) is 11.5 Å². The molecule has 0 radical (unpaired) electrons. The van der Waals surface area contributed by atoms with Crippen LogP contribution in [-0.4, -0.2) is 4.89 Å². The van der Waals surface area contributed by atoms with Crippen LogP contribution in [0.2, 0.25) is 0 Å². The summed E-state index contributed by atoms with van der Waals surface area (Å²) in [4.78, 5) is 11.8. The van der Waals surface area contributed by atoms with Gasteiger partial charge in [-0.3, -0.25) is 0 Å². The molecule has 3 nitrogen and oxygen atoms in total. The van der Waals surface area contributed by atoms with Crippen LogP contribution in [0.3, 0.4) is 0 Å². The molecule has 0 aromatic heterocycles. The van der Waals surface area contributed by atoms with Crippen LogP contribution >= 0.6 is 8.60 Å². The molecule has 2 aromatic rings. The molecule has 0 saturated carbocycles. The van der Waals surface area contributed by atoms with Crippen LogP contribution in [-0.2, 0) is 34.5 Å². The zero-order chi connectivity index (χ0) is 37.8. The molecule has 1 N–H and O–H groups in total. The van der Waals surface area contributed by atoms with E-state index in [1.54, 1.807) is 0 Å². The van der Waals surface area contributed by atoms with Crippen molar-refractivity contribution < 1.29 is 13.9 Å². The molecule has 0 aliphatic heterocycles. The zero-order valence-corrected chi connectivity index (χ0v) is 36.2. The van der Waals surface area contributed by atoms with Crippen molar-refractivity contribution in [2.24, 2.45) is 0 Å². The Morgan fingerprint density at radius 1 is 0.420 bits per heavy atom. The lowest BCUT2D eigenvalue weighted by Crippen LogP contribution is -2.21. The van der Waals surface area contributed by atoms with Gasteiger partial charge in [-0.2, -0.15) is 0 Å². The standard InChI is InChI=1S/C46H79O3P/c1-15-17-19-21-23-25-27-29-35-31-37(43(3,4)5)41(38(32-35)44(6,7)8)48-50(47)49-42-39(45(9,10)11)33-36(34-40(42)46(12,13)14)30-28-26-24-22-20-18-16-2/h31-34,47H,15-30H2,1-14H3. The maximum Gasteiger partial charge on any atom is 0.460 e. The largest absolute Gasteiger partial charge is 0.460 e. The first kappa shape index (κ1) is 44.6. The van der Waals surface area contributed by atoms with Gasteiger partial charge in [0.05, 0.1) is 0 Å². The lowest BCUT2D eigenvalue weighted by Gasteiger charge is -2.33. The van der Waals surface area contributed by atoms with Crippen LogP contribution in [0.4, 0.5) is 0 Å². The minimum absolute atomic E-state index is 0.160. The highest BCUT2D eigenvalue weighted by Crippen LogP contribution is 2.50. The summed E-state index contributed by atoms with van der Waals surface area (Å²) in [5, 5.41) is 0. The maximum atomic E-state index is 11.8. The Kier molecular flexibility index (Phi) is 17.9. The van der Waals surface area contributed by atoms with Crippen LogP contribution in [0.5, 0.6) is 11.5 Å². The van der Waals surface area contributed by atoms with Crippen molar-refractivity contribution in [3.8, 4) is 11.5 Å². The summed E-state index contributed by atoms with van der Waals surface area (Å²) in [6.45, 7) is 31.5. The molecule has 0 aliphatic rings. The minimum atomic E-state index is -2.25. The molecule has 0 atom stereocenters. The number of rotatable bonds is 20. The van der Waals surface area contributed by atoms with E-state index in [9.17, 15) is 4.89 Å². The van der Waals surface area contributed by atoms with E-state index in [1.165, 1.54) is 101 Å². The topological polar surface area (TPSA) is 38.7 Å². The van der Waals surface area contributed by atoms with Crippen LogP contribution in [0.15, 0.2) is 24.3 Å². The molecule has 2 rings (SSSR count). The van der Waals surface area contributed by atoms with Crippen molar-refractivity contribution in [2.75, 3.05) is 0 Å². The normalized spacial score (nSPS) is 13.0. The molecule has 0 heterocycles. The van der Waals surface area contributed by atoms with Crippen molar-refractivity contribution in [1.29, 1.82) is 0 Å². The molecule has 4 heteroatoms. The van der Waals surface area contributed by atoms with Gasteiger partial charge < -0.3 is 13.9 Å². The summed E-state index contributed by atoms with van der Waals surface area (Å²) in [5.41, 5.74) is 6.67. The first-order chi connectivity index (χ1) is 23.2. The summed E-state index contributed by atoms with van der Waals surface area (Å²) in [7, 11) is -2.25. The van der Waals surface area contributed by atoms with Gasteiger partial charge in [0.2, 0.25) is 0 Å². The van der Waals surface area contributed by atoms with Crippen LogP contribution in [0.1, 0.15) is 220 Å². The fourth-order valence-electron chi connectivity index (χ4n) is 6.84. The van der Waals surface area contributed by atoms with Crippen molar-refractivity contribution in [2.45, 2.75) is 221 Å². The molecule has 0 aliphatic carbocycles. The second kappa shape index (κ2) is 20.0. The smallest absolute Gasteiger partial charge is 0.417 e. The third-order valence-corrected chi connectivity index (χ3v) is 10.7. The zero-order valence-electron chi connectivity index (χ0n) is 35.3. The lowest BCUT2D eigenvalue weighted by atomic mass is 9.78. The average molecular weight is 711 g/mol. The van der Waals surface area contributed by atoms with E-state index >= 15 is 0 Å². The minimum Gasteiger partial charge on any atom is -0.417 e. The van der Waals surface area contributed by atoms with Gasteiger partial charge in [-0.05, 0) is 58.5 Å². The molecule has 0 spiro atoms. The molecule has 0 bridgehead atoms. The molecular formula is C46H79O3P. The molecule has 50 heavy (non-hydrogen) atoms. The van der Waals surface area contributed by atoms with Crippen molar-refractivity contribution in [1.82, 2.24) is 0 Å². The third-order valence-electron chi connectivity index (χ3n) is 10.0. The number of aryl methyl sites for hydroxylation is 2. The van der Waals surface area contributed by atoms with Gasteiger partial charge in [-0.15, -0.1) is 0 Å². The monoisotopic (exact) mass is 711 g/mol. The first-order valence-electron chi connectivity index (χ1n) is 20.4. The van der Waals surface area contributed by atoms with Crippen molar-refractivity contribution in [3.05, 3.63) is 57.6 Å². The van der Waals surface area contributed by atoms with E-state index in [-0.39, 0.29) is 21.7 Å². The predicted molar refractivity (Wildman–Crippen MR) is 221 cm³/mol. The molecule has 0 fully saturated rings. The Morgan fingerprint density at radius 2 is 0.660 bits per heavy atom. The molecule has 0 unspecified atom stereocenters. The molecule has 0 saturated heterocycles. The molecule has 286 valence electrons.